The van der Waals surface area contributed by atoms with Crippen LogP contribution in [-0.2, 0) is 26.0 Å². The lowest BCUT2D eigenvalue weighted by molar-refractivity contribution is -0.122. The lowest BCUT2D eigenvalue weighted by Crippen LogP contribution is -2.46. The monoisotopic (exact) mass is 550 g/mol. The minimum Gasteiger partial charge on any atom is -0.274 e. The molecule has 1 unspecified atom stereocenters. The summed E-state index contributed by atoms with van der Waals surface area (Å²) in [4.78, 5) is 27.2. The molecule has 3 aromatic rings. The maximum atomic E-state index is 13.8. The second-order valence-corrected chi connectivity index (χ2v) is 11.3. The Bertz CT molecular complexity index is 1390. The van der Waals surface area contributed by atoms with Crippen LogP contribution in [0.1, 0.15) is 17.5 Å². The van der Waals surface area contributed by atoms with E-state index in [1.165, 1.54) is 18.2 Å². The largest absolute Gasteiger partial charge is 0.274 e. The third-order valence-corrected chi connectivity index (χ3v) is 8.61. The molecule has 4 rings (SSSR count). The van der Waals surface area contributed by atoms with Crippen molar-refractivity contribution in [1.29, 1.82) is 0 Å². The number of aryl methyl sites for hydroxylation is 1. The molecule has 1 atom stereocenters. The van der Waals surface area contributed by atoms with Gasteiger partial charge in [0.05, 0.1) is 17.1 Å². The first-order chi connectivity index (χ1) is 16.6. The van der Waals surface area contributed by atoms with Gasteiger partial charge in [0.2, 0.25) is 15.9 Å². The molecule has 0 saturated carbocycles. The van der Waals surface area contributed by atoms with E-state index < -0.39 is 27.9 Å². The van der Waals surface area contributed by atoms with Crippen molar-refractivity contribution in [2.24, 2.45) is 0 Å². The van der Waals surface area contributed by atoms with Crippen molar-refractivity contribution in [2.75, 3.05) is 11.4 Å². The number of benzene rings is 3. The molecule has 10 heteroatoms. The Labute approximate surface area is 219 Å². The van der Waals surface area contributed by atoms with E-state index >= 15 is 0 Å². The molecule has 3 aromatic carbocycles. The van der Waals surface area contributed by atoms with Crippen molar-refractivity contribution >= 4 is 62.3 Å². The number of anilines is 1. The van der Waals surface area contributed by atoms with E-state index in [2.05, 4.69) is 0 Å². The average molecular weight is 552 g/mol. The predicted octanol–water partition coefficient (Wildman–Crippen LogP) is 5.52. The van der Waals surface area contributed by atoms with Gasteiger partial charge in [-0.15, -0.1) is 0 Å². The number of carbonyl (C=O) groups excluding carboxylic acids is 2. The molecule has 1 fully saturated rings. The summed E-state index contributed by atoms with van der Waals surface area (Å²) in [5, 5.41) is 0.652. The molecular formula is C25H21Cl3N2O4S. The van der Waals surface area contributed by atoms with Crippen molar-refractivity contribution in [3.05, 3.63) is 92.9 Å². The number of carbonyl (C=O) groups is 2. The van der Waals surface area contributed by atoms with Crippen molar-refractivity contribution in [1.82, 2.24) is 4.31 Å². The Morgan fingerprint density at radius 2 is 1.63 bits per heavy atom. The molecule has 2 amide bonds. The summed E-state index contributed by atoms with van der Waals surface area (Å²) < 4.78 is 28.6. The van der Waals surface area contributed by atoms with E-state index in [1.54, 1.807) is 42.5 Å². The molecule has 1 heterocycles. The highest BCUT2D eigenvalue weighted by Crippen LogP contribution is 2.33. The lowest BCUT2D eigenvalue weighted by Gasteiger charge is -2.27. The highest BCUT2D eigenvalue weighted by molar-refractivity contribution is 7.89. The number of amides is 2. The van der Waals surface area contributed by atoms with Crippen LogP contribution >= 0.6 is 34.8 Å². The summed E-state index contributed by atoms with van der Waals surface area (Å²) in [6.45, 7) is 1.82. The Morgan fingerprint density at radius 3 is 2.31 bits per heavy atom. The molecule has 0 N–H and O–H groups in total. The summed E-state index contributed by atoms with van der Waals surface area (Å²) in [5.74, 6) is -1.10. The smallest absolute Gasteiger partial charge is 0.252 e. The van der Waals surface area contributed by atoms with Crippen LogP contribution in [0, 0.1) is 6.92 Å². The zero-order valence-electron chi connectivity index (χ0n) is 18.6. The first-order valence-corrected chi connectivity index (χ1v) is 13.3. The summed E-state index contributed by atoms with van der Waals surface area (Å²) in [6, 6.07) is 16.7. The Hall–Kier alpha value is -2.42. The van der Waals surface area contributed by atoms with Crippen LogP contribution in [0.25, 0.3) is 0 Å². The first-order valence-electron chi connectivity index (χ1n) is 10.7. The number of halogens is 3. The number of nitrogens with zero attached hydrogens (tertiary/aromatic N) is 2. The molecule has 6 nitrogen and oxygen atoms in total. The van der Waals surface area contributed by atoms with E-state index in [-0.39, 0.29) is 34.3 Å². The van der Waals surface area contributed by atoms with E-state index in [1.807, 2.05) is 13.0 Å². The summed E-state index contributed by atoms with van der Waals surface area (Å²) in [5.41, 5.74) is 2.13. The van der Waals surface area contributed by atoms with Gasteiger partial charge in [-0.2, -0.15) is 4.31 Å². The van der Waals surface area contributed by atoms with Crippen LogP contribution in [0.2, 0.25) is 15.1 Å². The quantitative estimate of drug-likeness (QED) is 0.362. The molecule has 1 aliphatic heterocycles. The van der Waals surface area contributed by atoms with Gasteiger partial charge >= 0.3 is 0 Å². The number of rotatable bonds is 7. The van der Waals surface area contributed by atoms with Crippen LogP contribution in [-0.4, -0.2) is 37.1 Å². The zero-order valence-corrected chi connectivity index (χ0v) is 21.7. The molecule has 35 heavy (non-hydrogen) atoms. The molecule has 1 saturated heterocycles. The van der Waals surface area contributed by atoms with Crippen LogP contribution in [0.4, 0.5) is 5.69 Å². The third kappa shape index (κ3) is 5.39. The fourth-order valence-corrected chi connectivity index (χ4v) is 6.52. The summed E-state index contributed by atoms with van der Waals surface area (Å²) in [6.07, 6.45) is -0.0276. The molecule has 182 valence electrons. The highest BCUT2D eigenvalue weighted by Gasteiger charge is 2.47. The van der Waals surface area contributed by atoms with Crippen molar-refractivity contribution in [3.63, 3.8) is 0 Å². The van der Waals surface area contributed by atoms with E-state index in [9.17, 15) is 18.0 Å². The van der Waals surface area contributed by atoms with Gasteiger partial charge in [0.15, 0.2) is 0 Å². The molecule has 1 aliphatic rings. The second kappa shape index (κ2) is 10.3. The average Bonchev–Trinajstić information content (AvgIpc) is 3.09. The van der Waals surface area contributed by atoms with Crippen LogP contribution in [0.5, 0.6) is 0 Å². The minimum absolute atomic E-state index is 0.0330. The number of sulfonamides is 1. The standard InChI is InChI=1S/C25H21Cl3N2O4S/c1-16-5-8-20(9-6-16)30-24(31)15-22(25(30)32)29(12-11-17-3-2-4-18(26)13-17)35(33,34)23-14-19(27)7-10-21(23)28/h2-10,13-14,22H,11-12,15H2,1H3. The maximum absolute atomic E-state index is 13.8. The fourth-order valence-electron chi connectivity index (χ4n) is 3.98. The van der Waals surface area contributed by atoms with E-state index in [4.69, 9.17) is 34.8 Å². The Kier molecular flexibility index (Phi) is 7.54. The van der Waals surface area contributed by atoms with Gasteiger partial charge in [-0.05, 0) is 61.4 Å². The van der Waals surface area contributed by atoms with Crippen molar-refractivity contribution < 1.29 is 18.0 Å². The van der Waals surface area contributed by atoms with Gasteiger partial charge in [-0.3, -0.25) is 9.59 Å². The van der Waals surface area contributed by atoms with Crippen molar-refractivity contribution in [3.8, 4) is 0 Å². The van der Waals surface area contributed by atoms with Crippen LogP contribution < -0.4 is 4.90 Å². The predicted molar refractivity (Wildman–Crippen MR) is 138 cm³/mol. The summed E-state index contributed by atoms with van der Waals surface area (Å²) in [7, 11) is -4.30. The Morgan fingerprint density at radius 1 is 0.943 bits per heavy atom. The third-order valence-electron chi connectivity index (χ3n) is 5.75. The van der Waals surface area contributed by atoms with Crippen molar-refractivity contribution in [2.45, 2.75) is 30.7 Å². The second-order valence-electron chi connectivity index (χ2n) is 8.19. The SMILES string of the molecule is Cc1ccc(N2C(=O)CC(N(CCc3cccc(Cl)c3)S(=O)(=O)c3cc(Cl)ccc3Cl)C2=O)cc1. The fraction of sp³-hybridized carbons (Fsp3) is 0.200. The maximum Gasteiger partial charge on any atom is 0.252 e. The molecule has 0 spiro atoms. The van der Waals surface area contributed by atoms with Gasteiger partial charge < -0.3 is 0 Å². The first kappa shape index (κ1) is 25.7. The Balaban J connectivity index is 1.73. The molecule has 0 aromatic heterocycles. The van der Waals surface area contributed by atoms with Crippen LogP contribution in [0.15, 0.2) is 71.6 Å². The molecule has 0 aliphatic carbocycles. The van der Waals surface area contributed by atoms with Gasteiger partial charge in [-0.25, -0.2) is 13.3 Å². The number of imide groups is 1. The van der Waals surface area contributed by atoms with Gasteiger partial charge in [0, 0.05) is 16.6 Å². The topological polar surface area (TPSA) is 74.8 Å². The van der Waals surface area contributed by atoms with Gasteiger partial charge in [-0.1, -0.05) is 64.6 Å². The number of hydrogen-bond donors (Lipinski definition) is 0. The lowest BCUT2D eigenvalue weighted by atomic mass is 10.1. The highest BCUT2D eigenvalue weighted by atomic mass is 35.5. The zero-order chi connectivity index (χ0) is 25.3. The number of hydrogen-bond acceptors (Lipinski definition) is 4. The molecule has 0 radical (unpaired) electrons. The van der Waals surface area contributed by atoms with E-state index in [0.29, 0.717) is 10.7 Å². The minimum atomic E-state index is -4.30. The molecular weight excluding hydrogens is 531 g/mol. The van der Waals surface area contributed by atoms with Gasteiger partial charge in [0.1, 0.15) is 10.9 Å². The summed E-state index contributed by atoms with van der Waals surface area (Å²) >= 11 is 18.4. The van der Waals surface area contributed by atoms with Crippen LogP contribution in [0.3, 0.4) is 0 Å². The van der Waals surface area contributed by atoms with E-state index in [0.717, 1.165) is 20.3 Å². The molecule has 0 bridgehead atoms. The van der Waals surface area contributed by atoms with Gasteiger partial charge in [0.25, 0.3) is 5.91 Å². The normalized spacial score (nSPS) is 16.4.